The van der Waals surface area contributed by atoms with Crippen molar-refractivity contribution in [2.45, 2.75) is 0 Å². The molecule has 0 unspecified atom stereocenters. The molecule has 2 heteroatoms. The highest BCUT2D eigenvalue weighted by Gasteiger charge is 2.19. The van der Waals surface area contributed by atoms with Gasteiger partial charge in [0.1, 0.15) is 0 Å². The Bertz CT molecular complexity index is 3190. The van der Waals surface area contributed by atoms with Gasteiger partial charge in [0.25, 0.3) is 0 Å². The summed E-state index contributed by atoms with van der Waals surface area (Å²) in [5.41, 5.74) is 16.8. The molecule has 2 heterocycles. The first-order valence-electron chi connectivity index (χ1n) is 19.3. The lowest BCUT2D eigenvalue weighted by Crippen LogP contribution is -1.95. The van der Waals surface area contributed by atoms with Gasteiger partial charge in [0, 0.05) is 38.5 Å². The minimum absolute atomic E-state index is 1.15. The van der Waals surface area contributed by atoms with E-state index < -0.39 is 0 Å². The summed E-state index contributed by atoms with van der Waals surface area (Å²) in [7, 11) is 0. The van der Waals surface area contributed by atoms with E-state index in [0.29, 0.717) is 0 Å². The third-order valence-electron chi connectivity index (χ3n) is 11.3. The molecule has 0 bridgehead atoms. The summed E-state index contributed by atoms with van der Waals surface area (Å²) in [5, 5.41) is 4.98. The number of para-hydroxylation sites is 3. The fraction of sp³-hybridized carbons (Fsp3) is 0. The minimum Gasteiger partial charge on any atom is -0.309 e. The van der Waals surface area contributed by atoms with E-state index >= 15 is 0 Å². The molecule has 2 nitrogen and oxygen atoms in total. The van der Waals surface area contributed by atoms with Crippen molar-refractivity contribution in [3.63, 3.8) is 0 Å². The van der Waals surface area contributed by atoms with Crippen molar-refractivity contribution in [1.29, 1.82) is 0 Å². The van der Waals surface area contributed by atoms with Crippen LogP contribution in [0, 0.1) is 0 Å². The van der Waals surface area contributed by atoms with Crippen molar-refractivity contribution < 1.29 is 0 Å². The topological polar surface area (TPSA) is 9.86 Å². The van der Waals surface area contributed by atoms with Gasteiger partial charge in [-0.25, -0.2) is 0 Å². The molecule has 0 atom stereocenters. The average Bonchev–Trinajstić information content (AvgIpc) is 3.80. The highest BCUT2D eigenvalue weighted by molar-refractivity contribution is 6.15. The standard InChI is InChI=1S/C54H36N2/c1-4-13-37(14-5-1)39-23-25-41(26-24-39)46-20-12-21-48-50-36-43(30-34-53(50)56(54(46)48)44-17-8-3-9-18-44)42-29-33-52-49(35-42)47-19-10-11-22-51(47)55(52)45-31-27-40(28-32-45)38-15-6-2-7-16-38/h1-36H. The zero-order chi connectivity index (χ0) is 37.0. The minimum atomic E-state index is 1.15. The quantitative estimate of drug-likeness (QED) is 0.162. The van der Waals surface area contributed by atoms with Gasteiger partial charge in [-0.3, -0.25) is 0 Å². The molecule has 56 heavy (non-hydrogen) atoms. The molecule has 0 aliphatic heterocycles. The second-order valence-electron chi connectivity index (χ2n) is 14.5. The van der Waals surface area contributed by atoms with E-state index in [0.717, 1.165) is 11.4 Å². The highest BCUT2D eigenvalue weighted by atomic mass is 15.0. The van der Waals surface area contributed by atoms with E-state index in [9.17, 15) is 0 Å². The Morgan fingerprint density at radius 3 is 1.30 bits per heavy atom. The molecule has 262 valence electrons. The van der Waals surface area contributed by atoms with Crippen LogP contribution in [0.15, 0.2) is 218 Å². The first kappa shape index (κ1) is 32.0. The average molecular weight is 713 g/mol. The van der Waals surface area contributed by atoms with Crippen LogP contribution in [0.3, 0.4) is 0 Å². The fourth-order valence-corrected chi connectivity index (χ4v) is 8.66. The predicted molar refractivity (Wildman–Crippen MR) is 237 cm³/mol. The molecule has 0 aliphatic rings. The molecule has 0 N–H and O–H groups in total. The van der Waals surface area contributed by atoms with Crippen LogP contribution >= 0.6 is 0 Å². The monoisotopic (exact) mass is 712 g/mol. The molecule has 2 aromatic heterocycles. The Hall–Kier alpha value is -7.42. The Morgan fingerprint density at radius 2 is 0.661 bits per heavy atom. The van der Waals surface area contributed by atoms with Crippen molar-refractivity contribution in [1.82, 2.24) is 9.13 Å². The summed E-state index contributed by atoms with van der Waals surface area (Å²) < 4.78 is 4.84. The van der Waals surface area contributed by atoms with E-state index in [4.69, 9.17) is 0 Å². The van der Waals surface area contributed by atoms with Gasteiger partial charge in [-0.05, 0) is 93.5 Å². The third-order valence-corrected chi connectivity index (χ3v) is 11.3. The van der Waals surface area contributed by atoms with Gasteiger partial charge < -0.3 is 9.13 Å². The maximum atomic E-state index is 2.44. The molecule has 11 aromatic rings. The molecule has 0 amide bonds. The van der Waals surface area contributed by atoms with Crippen molar-refractivity contribution >= 4 is 43.6 Å². The lowest BCUT2D eigenvalue weighted by molar-refractivity contribution is 1.18. The number of rotatable bonds is 6. The highest BCUT2D eigenvalue weighted by Crippen LogP contribution is 2.41. The Labute approximate surface area is 325 Å². The molecule has 0 saturated heterocycles. The van der Waals surface area contributed by atoms with Crippen LogP contribution in [0.25, 0.3) is 99.5 Å². The molecule has 0 radical (unpaired) electrons. The molecular formula is C54H36N2. The van der Waals surface area contributed by atoms with Crippen LogP contribution in [0.1, 0.15) is 0 Å². The van der Waals surface area contributed by atoms with Crippen molar-refractivity contribution in [3.05, 3.63) is 218 Å². The summed E-state index contributed by atoms with van der Waals surface area (Å²) in [4.78, 5) is 0. The molecular weight excluding hydrogens is 677 g/mol. The van der Waals surface area contributed by atoms with Crippen molar-refractivity contribution in [3.8, 4) is 55.9 Å². The molecule has 0 fully saturated rings. The molecule has 0 spiro atoms. The van der Waals surface area contributed by atoms with E-state index in [-0.39, 0.29) is 0 Å². The van der Waals surface area contributed by atoms with Crippen LogP contribution in [0.4, 0.5) is 0 Å². The van der Waals surface area contributed by atoms with Gasteiger partial charge in [-0.2, -0.15) is 0 Å². The lowest BCUT2D eigenvalue weighted by atomic mass is 9.97. The van der Waals surface area contributed by atoms with E-state index in [1.807, 2.05) is 0 Å². The van der Waals surface area contributed by atoms with E-state index in [1.165, 1.54) is 88.1 Å². The maximum absolute atomic E-state index is 2.44. The van der Waals surface area contributed by atoms with Gasteiger partial charge in [-0.15, -0.1) is 0 Å². The maximum Gasteiger partial charge on any atom is 0.0619 e. The van der Waals surface area contributed by atoms with Crippen LogP contribution < -0.4 is 0 Å². The number of hydrogen-bond acceptors (Lipinski definition) is 0. The van der Waals surface area contributed by atoms with Gasteiger partial charge >= 0.3 is 0 Å². The van der Waals surface area contributed by atoms with Gasteiger partial charge in [0.2, 0.25) is 0 Å². The number of fused-ring (bicyclic) bond motifs is 6. The van der Waals surface area contributed by atoms with Crippen molar-refractivity contribution in [2.24, 2.45) is 0 Å². The Balaban J connectivity index is 1.06. The zero-order valence-corrected chi connectivity index (χ0v) is 30.7. The van der Waals surface area contributed by atoms with Gasteiger partial charge in [0.05, 0.1) is 22.1 Å². The first-order valence-corrected chi connectivity index (χ1v) is 19.3. The van der Waals surface area contributed by atoms with Gasteiger partial charge in [0.15, 0.2) is 0 Å². The number of nitrogens with zero attached hydrogens (tertiary/aromatic N) is 2. The molecule has 0 aliphatic carbocycles. The lowest BCUT2D eigenvalue weighted by Gasteiger charge is -2.12. The number of hydrogen-bond donors (Lipinski definition) is 0. The van der Waals surface area contributed by atoms with E-state index in [2.05, 4.69) is 228 Å². The fourth-order valence-electron chi connectivity index (χ4n) is 8.66. The number of benzene rings is 9. The SMILES string of the molecule is c1ccc(-c2ccc(-c3cccc4c5cc(-c6ccc7c(c6)c6ccccc6n7-c6ccc(-c7ccccc7)cc6)ccc5n(-c5ccccc5)c34)cc2)cc1. The predicted octanol–water partition coefficient (Wildman–Crippen LogP) is 14.5. The largest absolute Gasteiger partial charge is 0.309 e. The molecule has 11 rings (SSSR count). The van der Waals surface area contributed by atoms with Crippen LogP contribution in [0.2, 0.25) is 0 Å². The summed E-state index contributed by atoms with van der Waals surface area (Å²) >= 11 is 0. The first-order chi connectivity index (χ1) is 27.8. The van der Waals surface area contributed by atoms with Crippen LogP contribution in [-0.2, 0) is 0 Å². The van der Waals surface area contributed by atoms with Crippen LogP contribution in [-0.4, -0.2) is 9.13 Å². The summed E-state index contributed by atoms with van der Waals surface area (Å²) in [6.45, 7) is 0. The second-order valence-corrected chi connectivity index (χ2v) is 14.5. The summed E-state index contributed by atoms with van der Waals surface area (Å²) in [6, 6.07) is 79.3. The molecule has 9 aromatic carbocycles. The second kappa shape index (κ2) is 13.2. The number of aromatic nitrogens is 2. The van der Waals surface area contributed by atoms with Gasteiger partial charge in [-0.1, -0.05) is 164 Å². The molecule has 0 saturated carbocycles. The zero-order valence-electron chi connectivity index (χ0n) is 30.7. The Kier molecular flexibility index (Phi) is 7.53. The normalized spacial score (nSPS) is 11.6. The van der Waals surface area contributed by atoms with E-state index in [1.54, 1.807) is 0 Å². The summed E-state index contributed by atoms with van der Waals surface area (Å²) in [6.07, 6.45) is 0. The van der Waals surface area contributed by atoms with Crippen LogP contribution in [0.5, 0.6) is 0 Å². The van der Waals surface area contributed by atoms with Crippen molar-refractivity contribution in [2.75, 3.05) is 0 Å². The third kappa shape index (κ3) is 5.26. The Morgan fingerprint density at radius 1 is 0.232 bits per heavy atom. The summed E-state index contributed by atoms with van der Waals surface area (Å²) in [5.74, 6) is 0. The smallest absolute Gasteiger partial charge is 0.0619 e.